The Hall–Kier alpha value is -9.28. The molecule has 4 unspecified atom stereocenters. The fraction of sp³-hybridized carbons (Fsp3) is 0.677. The molecule has 2 N–H and O–H groups in total. The number of hydrogen-bond donors (Lipinski definition) is 2. The SMILES string of the molecule is CC(C)CC1C2=C(CCN1C(=O)C1CCC(CN(C)C(=O)OC(C)(C)C)CC1)c1cc(CO)ccc1C2.CC(C)CC1C2=C(CCN1C(=O)C1CCC(CN(C)C(=O)OC(C)(C)C)CC1)c1ccc(CO)cc1C2.Cc1ccc2c(c1)C1=C(C2)C(CC(C)C)N(C(=O)C2CCC(CN(C)C(=O)OC(C)(C)C)CC2)CC1.Cc1ccc2c(c1)CC1=C2CCN(C(=O)C2CCC(CN(C)C(=O)OC(C)(C)C)CC2)C1CC(C)C. The second-order valence-corrected chi connectivity index (χ2v) is 51.4. The quantitative estimate of drug-likeness (QED) is 0.0696. The Balaban J connectivity index is 0.000000163. The molecular formula is C124H184N8O14. The fourth-order valence-electron chi connectivity index (χ4n) is 25.8. The standard InChI is InChI=1S/2C31H46N2O4.2C31H46N2O3/c1-20(2)15-28-27-17-24-16-22(19-34)9-12-25(24)26(27)13-14-33(28)29(35)23-10-7-21(8-11-23)18-32(6)30(36)37-31(3,4)5;1-20(2)15-28-27-17-24-12-9-22(19-34)16-26(24)25(27)13-14-33(28)29(35)23-10-7-21(8-11-23)18-32(6)30(36)37-31(3,4)5;1-20(2)16-28-27-18-24-17-21(3)8-13-25(24)26(27)14-15-33(28)29(34)23-11-9-22(10-12-23)19-32(7)30(35)36-31(4,5)6;1-20(2)16-28-27-18-24-11-8-21(3)17-26(24)25(27)14-15-33(28)29(34)23-12-9-22(10-13-23)19-32(7)30(35)36-31(4,5)6/h2*9,12,16,20-21,23,28,34H,7-8,10-11,13-15,17-19H2,1-6H3;8,13,17,20,22-23,28H,9-12,14-16,18-19H2,1-7H3;8,11,17,20,22-23,28H,9-10,12-16,18-19H2,1-7H3. The maximum Gasteiger partial charge on any atom is 0.410 e. The molecule has 4 saturated carbocycles. The summed E-state index contributed by atoms with van der Waals surface area (Å²) in [4.78, 5) is 121. The average molecular weight is 2010 g/mol. The fourth-order valence-corrected chi connectivity index (χ4v) is 25.8. The first kappa shape index (κ1) is 114. The van der Waals surface area contributed by atoms with Crippen molar-refractivity contribution < 1.29 is 67.5 Å². The van der Waals surface area contributed by atoms with Gasteiger partial charge in [-0.15, -0.1) is 0 Å². The third-order valence-electron chi connectivity index (χ3n) is 32.8. The molecule has 0 radical (unpaired) electrons. The van der Waals surface area contributed by atoms with Crippen LogP contribution in [0.25, 0.3) is 22.3 Å². The molecule has 22 heteroatoms. The van der Waals surface area contributed by atoms with Crippen LogP contribution in [0.1, 0.15) is 359 Å². The van der Waals surface area contributed by atoms with Crippen LogP contribution in [0, 0.1) is 84.9 Å². The maximum atomic E-state index is 13.9. The molecule has 12 aliphatic rings. The Labute approximate surface area is 877 Å². The lowest BCUT2D eigenvalue weighted by molar-refractivity contribution is -0.139. The van der Waals surface area contributed by atoms with Crippen molar-refractivity contribution in [2.45, 2.75) is 392 Å². The number of ether oxygens (including phenoxy) is 4. The van der Waals surface area contributed by atoms with Gasteiger partial charge in [0, 0.05) is 104 Å². The molecule has 146 heavy (non-hydrogen) atoms. The van der Waals surface area contributed by atoms with Gasteiger partial charge in [-0.2, -0.15) is 0 Å². The van der Waals surface area contributed by atoms with Gasteiger partial charge in [0.05, 0.1) is 37.4 Å². The summed E-state index contributed by atoms with van der Waals surface area (Å²) in [6, 6.07) is 27.2. The number of fused-ring (bicyclic) bond motifs is 8. The number of carbonyl (C=O) groups excluding carboxylic acids is 8. The van der Waals surface area contributed by atoms with Gasteiger partial charge in [-0.05, 0) is 430 Å². The van der Waals surface area contributed by atoms with Gasteiger partial charge in [0.1, 0.15) is 22.4 Å². The van der Waals surface area contributed by atoms with Gasteiger partial charge < -0.3 is 68.4 Å². The zero-order chi connectivity index (χ0) is 106. The lowest BCUT2D eigenvalue weighted by Gasteiger charge is -2.41. The molecule has 8 aliphatic carbocycles. The Morgan fingerprint density at radius 2 is 0.541 bits per heavy atom. The van der Waals surface area contributed by atoms with Crippen molar-refractivity contribution in [1.29, 1.82) is 0 Å². The Morgan fingerprint density at radius 3 is 0.822 bits per heavy atom. The van der Waals surface area contributed by atoms with E-state index in [1.54, 1.807) is 19.6 Å². The van der Waals surface area contributed by atoms with Gasteiger partial charge in [-0.3, -0.25) is 19.2 Å². The summed E-state index contributed by atoms with van der Waals surface area (Å²) in [5, 5.41) is 19.2. The van der Waals surface area contributed by atoms with Crippen molar-refractivity contribution in [3.8, 4) is 0 Å². The molecule has 16 rings (SSSR count). The summed E-state index contributed by atoms with van der Waals surface area (Å²) in [6.07, 6.45) is 25.6. The molecule has 4 aliphatic heterocycles. The molecule has 4 aromatic rings. The van der Waals surface area contributed by atoms with Crippen LogP contribution in [-0.4, -0.2) is 225 Å². The van der Waals surface area contributed by atoms with E-state index in [0.29, 0.717) is 97.2 Å². The van der Waals surface area contributed by atoms with E-state index < -0.39 is 22.4 Å². The monoisotopic (exact) mass is 2010 g/mol. The molecule has 0 bridgehead atoms. The topological polar surface area (TPSA) is 240 Å². The number of aryl methyl sites for hydroxylation is 2. The third-order valence-corrected chi connectivity index (χ3v) is 32.8. The molecule has 8 amide bonds. The molecule has 4 atom stereocenters. The van der Waals surface area contributed by atoms with Crippen LogP contribution in [0.15, 0.2) is 95.1 Å². The molecule has 22 nitrogen and oxygen atoms in total. The molecule has 804 valence electrons. The predicted octanol–water partition coefficient (Wildman–Crippen LogP) is 24.9. The van der Waals surface area contributed by atoms with E-state index >= 15 is 0 Å². The molecule has 4 heterocycles. The molecule has 0 saturated heterocycles. The minimum atomic E-state index is -0.493. The summed E-state index contributed by atoms with van der Waals surface area (Å²) in [7, 11) is 7.26. The van der Waals surface area contributed by atoms with E-state index in [1.165, 1.54) is 100 Å². The largest absolute Gasteiger partial charge is 0.444 e. The predicted molar refractivity (Wildman–Crippen MR) is 585 cm³/mol. The molecule has 0 spiro atoms. The van der Waals surface area contributed by atoms with E-state index in [4.69, 9.17) is 18.9 Å². The highest BCUT2D eigenvalue weighted by molar-refractivity contribution is 5.89. The smallest absolute Gasteiger partial charge is 0.410 e. The number of nitrogens with zero attached hydrogens (tertiary/aromatic N) is 8. The van der Waals surface area contributed by atoms with Crippen LogP contribution in [0.2, 0.25) is 0 Å². The van der Waals surface area contributed by atoms with Crippen molar-refractivity contribution in [3.05, 3.63) is 162 Å². The second-order valence-electron chi connectivity index (χ2n) is 51.4. The number of aliphatic hydroxyl groups excluding tert-OH is 2. The van der Waals surface area contributed by atoms with Crippen LogP contribution in [0.3, 0.4) is 0 Å². The highest BCUT2D eigenvalue weighted by Crippen LogP contribution is 2.51. The summed E-state index contributed by atoms with van der Waals surface area (Å²) in [5.41, 5.74) is 25.3. The number of benzene rings is 4. The number of hydrogen-bond acceptors (Lipinski definition) is 14. The minimum absolute atomic E-state index is 0.0617. The van der Waals surface area contributed by atoms with Gasteiger partial charge in [0.15, 0.2) is 0 Å². The van der Waals surface area contributed by atoms with Crippen molar-refractivity contribution in [1.82, 2.24) is 39.2 Å². The Kier molecular flexibility index (Phi) is 38.0. The van der Waals surface area contributed by atoms with Crippen LogP contribution >= 0.6 is 0 Å². The van der Waals surface area contributed by atoms with Crippen LogP contribution in [0.4, 0.5) is 19.2 Å². The first-order chi connectivity index (χ1) is 68.8. The number of aliphatic hydroxyl groups is 2. The molecule has 4 aromatic carbocycles. The lowest BCUT2D eigenvalue weighted by atomic mass is 9.80. The first-order valence-corrected chi connectivity index (χ1v) is 56.3. The van der Waals surface area contributed by atoms with Crippen LogP contribution in [-0.2, 0) is 77.0 Å². The van der Waals surface area contributed by atoms with Gasteiger partial charge in [-0.25, -0.2) is 19.2 Å². The molecule has 0 aromatic heterocycles. The molecular weight excluding hydrogens is 1830 g/mol. The zero-order valence-electron chi connectivity index (χ0n) is 94.4. The molecule has 4 fully saturated rings. The number of carbonyl (C=O) groups is 8. The summed E-state index contributed by atoms with van der Waals surface area (Å²) < 4.78 is 22.0. The Morgan fingerprint density at radius 1 is 0.308 bits per heavy atom. The van der Waals surface area contributed by atoms with Crippen molar-refractivity contribution in [3.63, 3.8) is 0 Å². The highest BCUT2D eigenvalue weighted by Gasteiger charge is 2.47. The van der Waals surface area contributed by atoms with E-state index in [2.05, 4.69) is 150 Å². The highest BCUT2D eigenvalue weighted by atomic mass is 16.6. The second kappa shape index (κ2) is 48.8. The summed E-state index contributed by atoms with van der Waals surface area (Å²) in [6.45, 7) is 51.2. The van der Waals surface area contributed by atoms with E-state index in [9.17, 15) is 48.6 Å². The van der Waals surface area contributed by atoms with Crippen molar-refractivity contribution >= 4 is 70.3 Å². The van der Waals surface area contributed by atoms with Crippen molar-refractivity contribution in [2.24, 2.45) is 71.0 Å². The minimum Gasteiger partial charge on any atom is -0.444 e. The van der Waals surface area contributed by atoms with E-state index in [1.807, 2.05) is 123 Å². The third kappa shape index (κ3) is 29.3. The normalized spacial score (nSPS) is 23.8. The maximum absolute atomic E-state index is 13.9. The first-order valence-electron chi connectivity index (χ1n) is 56.3. The van der Waals surface area contributed by atoms with E-state index in [-0.39, 0.29) is 85.4 Å². The average Bonchev–Trinajstić information content (AvgIpc) is 1.61. The number of rotatable bonds is 22. The van der Waals surface area contributed by atoms with Gasteiger partial charge >= 0.3 is 24.4 Å². The van der Waals surface area contributed by atoms with Crippen LogP contribution in [0.5, 0.6) is 0 Å². The Bertz CT molecular complexity index is 5400. The lowest BCUT2D eigenvalue weighted by Crippen LogP contribution is -2.48. The van der Waals surface area contributed by atoms with Gasteiger partial charge in [0.2, 0.25) is 23.6 Å². The number of amides is 8. The van der Waals surface area contributed by atoms with Crippen molar-refractivity contribution in [2.75, 3.05) is 80.5 Å². The van der Waals surface area contributed by atoms with Gasteiger partial charge in [0.25, 0.3) is 0 Å². The zero-order valence-corrected chi connectivity index (χ0v) is 94.4. The van der Waals surface area contributed by atoms with Gasteiger partial charge in [-0.1, -0.05) is 133 Å². The summed E-state index contributed by atoms with van der Waals surface area (Å²) >= 11 is 0. The van der Waals surface area contributed by atoms with E-state index in [0.717, 1.165) is 217 Å². The summed E-state index contributed by atoms with van der Waals surface area (Å²) in [5.74, 6) is 5.50. The van der Waals surface area contributed by atoms with Crippen LogP contribution < -0.4 is 0 Å².